The molecular weight excluding hydrogens is 193 g/mol. The van der Waals surface area contributed by atoms with Crippen LogP contribution in [0.15, 0.2) is 0 Å². The van der Waals surface area contributed by atoms with E-state index >= 15 is 0 Å². The monoisotopic (exact) mass is 207 g/mol. The van der Waals surface area contributed by atoms with Gasteiger partial charge in [-0.15, -0.1) is 0 Å². The summed E-state index contributed by atoms with van der Waals surface area (Å²) in [4.78, 5) is 0. The second-order valence-corrected chi connectivity index (χ2v) is 4.56. The summed E-state index contributed by atoms with van der Waals surface area (Å²) in [6.45, 7) is 0.731. The molecule has 0 aliphatic carbocycles. The maximum Gasteiger partial charge on any atom is 1.00 e. The van der Waals surface area contributed by atoms with Gasteiger partial charge in [-0.2, -0.15) is 8.42 Å². The van der Waals surface area contributed by atoms with E-state index in [0.717, 1.165) is 0 Å². The molecule has 0 aliphatic heterocycles. The van der Waals surface area contributed by atoms with Crippen LogP contribution < -0.4 is 35.3 Å². The minimum Gasteiger partial charge on any atom is -1.00 e. The van der Waals surface area contributed by atoms with E-state index in [1.54, 1.807) is 0 Å². The van der Waals surface area contributed by atoms with Gasteiger partial charge in [0.2, 0.25) is 0 Å². The van der Waals surface area contributed by atoms with E-state index < -0.39 is 21.5 Å². The molecule has 5 nitrogen and oxygen atoms in total. The first-order chi connectivity index (χ1) is 4.87. The average Bonchev–Trinajstić information content (AvgIpc) is 1.86. The van der Waals surface area contributed by atoms with Crippen molar-refractivity contribution in [3.8, 4) is 0 Å². The topological polar surface area (TPSA) is 101 Å². The van der Waals surface area contributed by atoms with E-state index in [0.29, 0.717) is 0 Å². The van der Waals surface area contributed by atoms with E-state index in [-0.39, 0.29) is 43.9 Å². The fraction of sp³-hybridized carbons (Fsp3) is 1.00. The van der Waals surface area contributed by atoms with Gasteiger partial charge < -0.3 is 12.3 Å². The summed E-state index contributed by atoms with van der Waals surface area (Å²) in [7, 11) is -4.21. The molecule has 0 saturated carbocycles. The second-order valence-electron chi connectivity index (χ2n) is 2.62. The Morgan fingerprint density at radius 1 is 1.58 bits per heavy atom. The van der Waals surface area contributed by atoms with E-state index in [2.05, 4.69) is 0 Å². The molecule has 0 amide bonds. The van der Waals surface area contributed by atoms with Gasteiger partial charge in [0.25, 0.3) is 10.1 Å². The van der Waals surface area contributed by atoms with Crippen LogP contribution in [0.4, 0.5) is 0 Å². The van der Waals surface area contributed by atoms with Crippen LogP contribution in [-0.4, -0.2) is 36.0 Å². The molecule has 0 aromatic heterocycles. The van der Waals surface area contributed by atoms with E-state index in [9.17, 15) is 8.42 Å². The zero-order chi connectivity index (χ0) is 9.12. The Labute approximate surface area is 95.9 Å². The fourth-order valence-corrected chi connectivity index (χ4v) is 1.13. The maximum absolute atomic E-state index is 10.6. The molecule has 4 N–H and O–H groups in total. The summed E-state index contributed by atoms with van der Waals surface area (Å²) < 4.78 is 28.3. The number of aliphatic hydroxyl groups excluding tert-OH is 1. The Balaban J connectivity index is -0.000000500. The average molecular weight is 207 g/mol. The number of rotatable bonds is 4. The molecule has 0 heterocycles. The van der Waals surface area contributed by atoms with E-state index in [1.165, 1.54) is 6.92 Å². The Kier molecular flexibility index (Phi) is 7.06. The summed E-state index contributed by atoms with van der Waals surface area (Å²) in [5.41, 5.74) is 5.10. The predicted molar refractivity (Wildman–Crippen MR) is 41.8 cm³/mol. The Morgan fingerprint density at radius 2 is 2.00 bits per heavy atom. The normalized spacial score (nSPS) is 16.3. The van der Waals surface area contributed by atoms with Crippen molar-refractivity contribution in [3.63, 3.8) is 0 Å². The van der Waals surface area contributed by atoms with Crippen LogP contribution >= 0.6 is 0 Å². The van der Waals surface area contributed by atoms with Gasteiger partial charge in [0.1, 0.15) is 4.75 Å². The third-order valence-corrected chi connectivity index (χ3v) is 3.21. The zero-order valence-corrected chi connectivity index (χ0v) is 10.1. The summed E-state index contributed by atoms with van der Waals surface area (Å²) in [5, 5.41) is 8.66. The van der Waals surface area contributed by atoms with Crippen LogP contribution in [0.1, 0.15) is 14.8 Å². The van der Waals surface area contributed by atoms with E-state index in [4.69, 9.17) is 15.4 Å². The first kappa shape index (κ1) is 15.3. The van der Waals surface area contributed by atoms with Gasteiger partial charge in [0.15, 0.2) is 0 Å². The molecule has 0 bridgehead atoms. The van der Waals surface area contributed by atoms with Crippen LogP contribution in [0.5, 0.6) is 0 Å². The smallest absolute Gasteiger partial charge is 1.00 e. The molecule has 1 atom stereocenters. The molecule has 0 aliphatic rings. The van der Waals surface area contributed by atoms with Crippen molar-refractivity contribution in [3.05, 3.63) is 0 Å². The Morgan fingerprint density at radius 3 is 2.08 bits per heavy atom. The molecule has 7 heteroatoms. The molecule has 0 aromatic carbocycles. The van der Waals surface area contributed by atoms with Gasteiger partial charge in [0, 0.05) is 0 Å². The molecule has 0 saturated heterocycles. The number of hydrogen-bond acceptors (Lipinski definition) is 4. The number of nitrogens with two attached hydrogens (primary N) is 1. The first-order valence-corrected chi connectivity index (χ1v) is 4.59. The summed E-state index contributed by atoms with van der Waals surface area (Å²) in [5.74, 6) is 0. The van der Waals surface area contributed by atoms with Crippen molar-refractivity contribution in [2.45, 2.75) is 18.1 Å². The number of aliphatic hydroxyl groups is 1. The van der Waals surface area contributed by atoms with Gasteiger partial charge in [-0.3, -0.25) is 4.55 Å². The van der Waals surface area contributed by atoms with Crippen molar-refractivity contribution in [2.24, 2.45) is 5.73 Å². The predicted octanol–water partition coefficient (Wildman–Crippen LogP) is -3.91. The van der Waals surface area contributed by atoms with Crippen molar-refractivity contribution in [2.75, 3.05) is 13.2 Å². The molecule has 0 rings (SSSR count). The van der Waals surface area contributed by atoms with Crippen LogP contribution in [0, 0.1) is 0 Å². The van der Waals surface area contributed by atoms with E-state index in [1.807, 2.05) is 0 Å². The van der Waals surface area contributed by atoms with Gasteiger partial charge in [-0.05, 0) is 19.9 Å². The molecule has 0 radical (unpaired) electrons. The minimum atomic E-state index is -4.21. The van der Waals surface area contributed by atoms with Crippen molar-refractivity contribution >= 4 is 10.1 Å². The third-order valence-electron chi connectivity index (χ3n) is 1.63. The van der Waals surface area contributed by atoms with Crippen LogP contribution in [0.3, 0.4) is 0 Å². The Hall–Kier alpha value is 0.830. The molecule has 0 spiro atoms. The van der Waals surface area contributed by atoms with Crippen molar-refractivity contribution in [1.82, 2.24) is 0 Å². The van der Waals surface area contributed by atoms with Gasteiger partial charge in [0.05, 0.1) is 6.61 Å². The summed E-state index contributed by atoms with van der Waals surface area (Å²) >= 11 is 0. The molecule has 0 fully saturated rings. The van der Waals surface area contributed by atoms with Gasteiger partial charge >= 0.3 is 29.6 Å². The van der Waals surface area contributed by atoms with Crippen molar-refractivity contribution < 1.29 is 49.1 Å². The van der Waals surface area contributed by atoms with Gasteiger partial charge in [-0.1, -0.05) is 0 Å². The third kappa shape index (κ3) is 3.69. The van der Waals surface area contributed by atoms with Crippen LogP contribution in [-0.2, 0) is 10.1 Å². The first-order valence-electron chi connectivity index (χ1n) is 3.15. The van der Waals surface area contributed by atoms with Gasteiger partial charge in [-0.25, -0.2) is 0 Å². The second kappa shape index (κ2) is 5.54. The number of hydrogen-bond donors (Lipinski definition) is 3. The van der Waals surface area contributed by atoms with Crippen LogP contribution in [0.25, 0.3) is 0 Å². The summed E-state index contributed by atoms with van der Waals surface area (Å²) in [6.07, 6.45) is 0.0440. The Bertz CT molecular complexity index is 223. The molecule has 12 heavy (non-hydrogen) atoms. The fourth-order valence-electron chi connectivity index (χ4n) is 0.595. The van der Waals surface area contributed by atoms with Crippen LogP contribution in [0.2, 0.25) is 0 Å². The largest absolute Gasteiger partial charge is 1.00 e. The maximum atomic E-state index is 10.6. The quantitative estimate of drug-likeness (QED) is 0.323. The molecule has 0 aromatic rings. The molecule has 1 unspecified atom stereocenters. The zero-order valence-electron chi connectivity index (χ0n) is 8.32. The molecule has 70 valence electrons. The van der Waals surface area contributed by atoms with Crippen molar-refractivity contribution in [1.29, 1.82) is 0 Å². The summed E-state index contributed by atoms with van der Waals surface area (Å²) in [6, 6.07) is 0. The standard InChI is InChI=1S/C5H13NO4S.Na.H/c1-5(4-7,2-3-6)11(8,9)10;;/h7H,2-4,6H2,1H3,(H,8,9,10);;/q;+1;-1. The SMILES string of the molecule is CC(CO)(CCN)S(=O)(=O)O.[H-].[Na+]. The molecular formula is C5H14NNaO4S. The minimum absolute atomic E-state index is 0.